The van der Waals surface area contributed by atoms with Gasteiger partial charge >= 0.3 is 17.9 Å². The van der Waals surface area contributed by atoms with Gasteiger partial charge in [-0.25, -0.2) is 0 Å². The Morgan fingerprint density at radius 1 is 0.304 bits per heavy atom. The lowest BCUT2D eigenvalue weighted by Gasteiger charge is -2.18. The zero-order chi connectivity index (χ0) is 50.0. The monoisotopic (exact) mass is 961 g/mol. The van der Waals surface area contributed by atoms with Crippen LogP contribution in [-0.2, 0) is 28.6 Å². The van der Waals surface area contributed by atoms with E-state index in [1.807, 2.05) is 0 Å². The summed E-state index contributed by atoms with van der Waals surface area (Å²) in [4.78, 5) is 38.1. The van der Waals surface area contributed by atoms with Gasteiger partial charge in [-0.15, -0.1) is 0 Å². The van der Waals surface area contributed by atoms with Gasteiger partial charge in [0.25, 0.3) is 0 Å². The summed E-state index contributed by atoms with van der Waals surface area (Å²) in [6.45, 7) is 6.46. The van der Waals surface area contributed by atoms with E-state index in [-0.39, 0.29) is 44.0 Å². The first kappa shape index (κ1) is 65.6. The number of carbonyl (C=O) groups excluding carboxylic acids is 3. The molecule has 0 saturated carbocycles. The van der Waals surface area contributed by atoms with Gasteiger partial charge < -0.3 is 14.2 Å². The van der Waals surface area contributed by atoms with Gasteiger partial charge in [0.2, 0.25) is 0 Å². The van der Waals surface area contributed by atoms with Crippen LogP contribution >= 0.6 is 0 Å². The zero-order valence-electron chi connectivity index (χ0n) is 45.3. The third kappa shape index (κ3) is 55.4. The molecule has 69 heavy (non-hydrogen) atoms. The Hall–Kier alpha value is -3.41. The van der Waals surface area contributed by atoms with Crippen LogP contribution in [0.4, 0.5) is 0 Å². The lowest BCUT2D eigenvalue weighted by molar-refractivity contribution is -0.167. The van der Waals surface area contributed by atoms with Crippen molar-refractivity contribution in [1.82, 2.24) is 0 Å². The Labute approximate surface area is 426 Å². The molecule has 0 spiro atoms. The number of esters is 3. The number of hydrogen-bond acceptors (Lipinski definition) is 6. The minimum Gasteiger partial charge on any atom is -0.462 e. The fourth-order valence-corrected chi connectivity index (χ4v) is 8.04. The molecule has 0 aromatic heterocycles. The molecule has 0 bridgehead atoms. The summed E-state index contributed by atoms with van der Waals surface area (Å²) in [5.74, 6) is -0.997. The Bertz CT molecular complexity index is 1330. The molecule has 0 saturated heterocycles. The summed E-state index contributed by atoms with van der Waals surface area (Å²) in [5, 5.41) is 0. The molecule has 0 heterocycles. The highest BCUT2D eigenvalue weighted by atomic mass is 16.6. The molecule has 0 aliphatic carbocycles. The van der Waals surface area contributed by atoms with E-state index in [2.05, 4.69) is 106 Å². The van der Waals surface area contributed by atoms with Gasteiger partial charge in [-0.3, -0.25) is 14.4 Å². The highest BCUT2D eigenvalue weighted by Gasteiger charge is 2.19. The largest absolute Gasteiger partial charge is 0.462 e. The van der Waals surface area contributed by atoms with Crippen molar-refractivity contribution < 1.29 is 28.6 Å². The Kier molecular flexibility index (Phi) is 54.3. The maximum absolute atomic E-state index is 12.8. The standard InChI is InChI=1S/C63H108O6/c1-4-7-10-13-16-19-22-25-28-30-31-33-36-38-41-44-47-50-53-56-62(65)68-59-60(69-63(66)57-54-51-48-45-42-39-34-27-24-21-18-15-12-9-6-3)58-67-61(64)55-52-49-46-43-40-37-35-32-29-26-23-20-17-14-11-8-5-2/h9,12,18,21,26-27,29,34-35,37,42-43,45-46,60H,4-8,10-11,13-17,19-20,22-25,28,30-33,36,38-41,44,47-59H2,1-3H3/b12-9-,21-18-,29-26-,34-27-,37-35-,45-42-,46-43-/t60-/m1/s1. The van der Waals surface area contributed by atoms with Crippen molar-refractivity contribution in [3.8, 4) is 0 Å². The van der Waals surface area contributed by atoms with Crippen LogP contribution in [-0.4, -0.2) is 37.2 Å². The highest BCUT2D eigenvalue weighted by molar-refractivity contribution is 5.71. The number of hydrogen-bond donors (Lipinski definition) is 0. The van der Waals surface area contributed by atoms with Crippen molar-refractivity contribution in [2.45, 2.75) is 284 Å². The van der Waals surface area contributed by atoms with Gasteiger partial charge in [0.1, 0.15) is 13.2 Å². The average Bonchev–Trinajstić information content (AvgIpc) is 3.35. The summed E-state index contributed by atoms with van der Waals surface area (Å²) in [6, 6.07) is 0. The smallest absolute Gasteiger partial charge is 0.306 e. The first-order chi connectivity index (χ1) is 34.0. The van der Waals surface area contributed by atoms with Crippen LogP contribution in [0.5, 0.6) is 0 Å². The van der Waals surface area contributed by atoms with Crippen LogP contribution in [0.2, 0.25) is 0 Å². The van der Waals surface area contributed by atoms with E-state index in [1.54, 1.807) is 0 Å². The molecule has 0 N–H and O–H groups in total. The molecule has 0 aliphatic rings. The van der Waals surface area contributed by atoms with Crippen LogP contribution < -0.4 is 0 Å². The minimum atomic E-state index is -0.818. The second-order valence-corrected chi connectivity index (χ2v) is 19.2. The Morgan fingerprint density at radius 2 is 0.580 bits per heavy atom. The van der Waals surface area contributed by atoms with E-state index in [0.29, 0.717) is 19.3 Å². The topological polar surface area (TPSA) is 78.9 Å². The molecular weight excluding hydrogens is 853 g/mol. The van der Waals surface area contributed by atoms with Gasteiger partial charge in [0.05, 0.1) is 0 Å². The number of unbranched alkanes of at least 4 members (excludes halogenated alkanes) is 27. The van der Waals surface area contributed by atoms with Crippen LogP contribution in [0.15, 0.2) is 85.1 Å². The molecule has 0 amide bonds. The molecule has 396 valence electrons. The minimum absolute atomic E-state index is 0.107. The average molecular weight is 962 g/mol. The Morgan fingerprint density at radius 3 is 0.971 bits per heavy atom. The first-order valence-electron chi connectivity index (χ1n) is 29.1. The highest BCUT2D eigenvalue weighted by Crippen LogP contribution is 2.16. The maximum Gasteiger partial charge on any atom is 0.306 e. The second kappa shape index (κ2) is 57.2. The summed E-state index contributed by atoms with van der Waals surface area (Å²) < 4.78 is 16.8. The summed E-state index contributed by atoms with van der Waals surface area (Å²) in [7, 11) is 0. The van der Waals surface area contributed by atoms with Crippen LogP contribution in [0, 0.1) is 0 Å². The van der Waals surface area contributed by atoms with Crippen LogP contribution in [0.25, 0.3) is 0 Å². The van der Waals surface area contributed by atoms with Crippen molar-refractivity contribution in [3.63, 3.8) is 0 Å². The molecule has 1 atom stereocenters. The van der Waals surface area contributed by atoms with Crippen molar-refractivity contribution in [1.29, 1.82) is 0 Å². The predicted molar refractivity (Wildman–Crippen MR) is 297 cm³/mol. The van der Waals surface area contributed by atoms with E-state index in [0.717, 1.165) is 77.0 Å². The fourth-order valence-electron chi connectivity index (χ4n) is 8.04. The van der Waals surface area contributed by atoms with Crippen molar-refractivity contribution >= 4 is 17.9 Å². The number of allylic oxidation sites excluding steroid dienone is 14. The molecule has 0 aromatic rings. The molecule has 6 heteroatoms. The van der Waals surface area contributed by atoms with E-state index >= 15 is 0 Å². The van der Waals surface area contributed by atoms with E-state index in [4.69, 9.17) is 14.2 Å². The molecular formula is C63H108O6. The predicted octanol–water partition coefficient (Wildman–Crippen LogP) is 19.5. The van der Waals surface area contributed by atoms with Crippen molar-refractivity contribution in [2.24, 2.45) is 0 Å². The van der Waals surface area contributed by atoms with Crippen LogP contribution in [0.1, 0.15) is 278 Å². The van der Waals surface area contributed by atoms with Gasteiger partial charge in [-0.1, -0.05) is 254 Å². The van der Waals surface area contributed by atoms with E-state index in [9.17, 15) is 14.4 Å². The molecule has 0 aromatic carbocycles. The normalized spacial score (nSPS) is 12.7. The molecule has 0 aliphatic heterocycles. The van der Waals surface area contributed by atoms with Gasteiger partial charge in [0, 0.05) is 19.3 Å². The fraction of sp³-hybridized carbons (Fsp3) is 0.730. The third-order valence-corrected chi connectivity index (χ3v) is 12.4. The van der Waals surface area contributed by atoms with Crippen molar-refractivity contribution in [3.05, 3.63) is 85.1 Å². The summed E-state index contributed by atoms with van der Waals surface area (Å²) >= 11 is 0. The molecule has 0 unspecified atom stereocenters. The quantitative estimate of drug-likeness (QED) is 0.0262. The first-order valence-corrected chi connectivity index (χ1v) is 29.1. The lowest BCUT2D eigenvalue weighted by Crippen LogP contribution is -2.30. The number of ether oxygens (including phenoxy) is 3. The second-order valence-electron chi connectivity index (χ2n) is 19.2. The third-order valence-electron chi connectivity index (χ3n) is 12.4. The van der Waals surface area contributed by atoms with Gasteiger partial charge in [0.15, 0.2) is 6.10 Å². The van der Waals surface area contributed by atoms with E-state index < -0.39 is 6.10 Å². The SMILES string of the molecule is CC/C=C\C/C=C\C/C=C\C/C=C\CCCCC(=O)O[C@H](COC(=O)CCC/C=C\C/C=C\C/C=C\CCCCCCCC)COC(=O)CCCCCCCCCCCCCCCCCCCCC. The lowest BCUT2D eigenvalue weighted by atomic mass is 10.0. The van der Waals surface area contributed by atoms with Gasteiger partial charge in [-0.05, 0) is 89.9 Å². The maximum atomic E-state index is 12.8. The molecule has 0 rings (SSSR count). The number of carbonyl (C=O) groups is 3. The van der Waals surface area contributed by atoms with Crippen LogP contribution in [0.3, 0.4) is 0 Å². The van der Waals surface area contributed by atoms with Crippen molar-refractivity contribution in [2.75, 3.05) is 13.2 Å². The van der Waals surface area contributed by atoms with Gasteiger partial charge in [-0.2, -0.15) is 0 Å². The van der Waals surface area contributed by atoms with E-state index in [1.165, 1.54) is 148 Å². The number of rotatable bonds is 52. The molecule has 0 radical (unpaired) electrons. The summed E-state index contributed by atoms with van der Waals surface area (Å²) in [5.41, 5.74) is 0. The Balaban J connectivity index is 4.47. The molecule has 0 fully saturated rings. The summed E-state index contributed by atoms with van der Waals surface area (Å²) in [6.07, 6.45) is 74.5. The molecule has 6 nitrogen and oxygen atoms in total. The zero-order valence-corrected chi connectivity index (χ0v) is 45.3.